The van der Waals surface area contributed by atoms with Crippen molar-refractivity contribution < 1.29 is 9.53 Å². The van der Waals surface area contributed by atoms with E-state index in [9.17, 15) is 4.79 Å². The number of amides is 1. The number of aryl methyl sites for hydroxylation is 1. The van der Waals surface area contributed by atoms with Gasteiger partial charge in [-0.15, -0.1) is 23.2 Å². The first-order valence-electron chi connectivity index (χ1n) is 6.56. The Hall–Kier alpha value is -0.810. The summed E-state index contributed by atoms with van der Waals surface area (Å²) in [6, 6.07) is 7.43. The van der Waals surface area contributed by atoms with Gasteiger partial charge in [-0.25, -0.2) is 0 Å². The molecule has 0 saturated carbocycles. The molecule has 20 heavy (non-hydrogen) atoms. The molecule has 0 aromatic heterocycles. The van der Waals surface area contributed by atoms with E-state index in [1.807, 2.05) is 30.0 Å². The zero-order valence-electron chi connectivity index (χ0n) is 11.3. The third-order valence-electron chi connectivity index (χ3n) is 3.35. The third kappa shape index (κ3) is 3.85. The number of carbonyl (C=O) groups is 1. The molecule has 6 heteroatoms. The summed E-state index contributed by atoms with van der Waals surface area (Å²) in [5.41, 5.74) is 1.56. The van der Waals surface area contributed by atoms with Crippen LogP contribution in [0.3, 0.4) is 0 Å². The SMILES string of the molecule is Cc1ccccc1C(=O)NC(C(Cl)Cl)N1CCOCC1. The molecular weight excluding hydrogens is 299 g/mol. The Morgan fingerprint density at radius 2 is 1.95 bits per heavy atom. The third-order valence-corrected chi connectivity index (χ3v) is 3.82. The highest BCUT2D eigenvalue weighted by atomic mass is 35.5. The van der Waals surface area contributed by atoms with Crippen LogP contribution in [-0.4, -0.2) is 48.1 Å². The van der Waals surface area contributed by atoms with E-state index in [2.05, 4.69) is 5.32 Å². The van der Waals surface area contributed by atoms with E-state index in [1.165, 1.54) is 0 Å². The molecule has 1 heterocycles. The molecule has 1 fully saturated rings. The number of halogens is 2. The molecule has 1 N–H and O–H groups in total. The van der Waals surface area contributed by atoms with E-state index in [1.54, 1.807) is 6.07 Å². The fraction of sp³-hybridized carbons (Fsp3) is 0.500. The van der Waals surface area contributed by atoms with Crippen molar-refractivity contribution >= 4 is 29.1 Å². The summed E-state index contributed by atoms with van der Waals surface area (Å²) in [7, 11) is 0. The average molecular weight is 317 g/mol. The van der Waals surface area contributed by atoms with Crippen LogP contribution in [0, 0.1) is 6.92 Å². The van der Waals surface area contributed by atoms with Crippen molar-refractivity contribution in [1.29, 1.82) is 0 Å². The largest absolute Gasteiger partial charge is 0.379 e. The number of benzene rings is 1. The number of nitrogens with one attached hydrogen (secondary N) is 1. The lowest BCUT2D eigenvalue weighted by Crippen LogP contribution is -2.55. The number of carbonyl (C=O) groups excluding carboxylic acids is 1. The van der Waals surface area contributed by atoms with Gasteiger partial charge in [-0.1, -0.05) is 18.2 Å². The zero-order chi connectivity index (χ0) is 14.5. The predicted octanol–water partition coefficient (Wildman–Crippen LogP) is 2.19. The van der Waals surface area contributed by atoms with Crippen LogP contribution >= 0.6 is 23.2 Å². The van der Waals surface area contributed by atoms with Gasteiger partial charge in [0.2, 0.25) is 0 Å². The molecule has 1 aliphatic heterocycles. The van der Waals surface area contributed by atoms with Gasteiger partial charge in [-0.05, 0) is 18.6 Å². The maximum atomic E-state index is 12.3. The summed E-state index contributed by atoms with van der Waals surface area (Å²) in [5, 5.41) is 2.91. The van der Waals surface area contributed by atoms with Crippen LogP contribution in [0.25, 0.3) is 0 Å². The van der Waals surface area contributed by atoms with Gasteiger partial charge in [0.1, 0.15) is 11.0 Å². The molecule has 0 aliphatic carbocycles. The molecule has 1 aromatic rings. The second kappa shape index (κ2) is 7.27. The summed E-state index contributed by atoms with van der Waals surface area (Å²) in [6.07, 6.45) is -0.408. The summed E-state index contributed by atoms with van der Waals surface area (Å²) in [4.78, 5) is 13.7. The summed E-state index contributed by atoms with van der Waals surface area (Å²) in [6.45, 7) is 4.55. The minimum Gasteiger partial charge on any atom is -0.379 e. The van der Waals surface area contributed by atoms with Crippen LogP contribution in [0.1, 0.15) is 15.9 Å². The summed E-state index contributed by atoms with van der Waals surface area (Å²) < 4.78 is 5.30. The number of hydrogen-bond acceptors (Lipinski definition) is 3. The van der Waals surface area contributed by atoms with Crippen LogP contribution in [0.15, 0.2) is 24.3 Å². The second-order valence-corrected chi connectivity index (χ2v) is 5.88. The van der Waals surface area contributed by atoms with Gasteiger partial charge in [0.05, 0.1) is 13.2 Å². The minimum absolute atomic E-state index is 0.161. The van der Waals surface area contributed by atoms with Crippen molar-refractivity contribution in [2.45, 2.75) is 17.9 Å². The van der Waals surface area contributed by atoms with Crippen molar-refractivity contribution in [2.24, 2.45) is 0 Å². The van der Waals surface area contributed by atoms with Gasteiger partial charge >= 0.3 is 0 Å². The van der Waals surface area contributed by atoms with Crippen molar-refractivity contribution in [3.05, 3.63) is 35.4 Å². The molecule has 0 bridgehead atoms. The number of rotatable bonds is 4. The smallest absolute Gasteiger partial charge is 0.252 e. The lowest BCUT2D eigenvalue weighted by molar-refractivity contribution is 0.0121. The maximum absolute atomic E-state index is 12.3. The van der Waals surface area contributed by atoms with Gasteiger partial charge in [0.15, 0.2) is 0 Å². The zero-order valence-corrected chi connectivity index (χ0v) is 12.8. The normalized spacial score (nSPS) is 18.0. The first-order chi connectivity index (χ1) is 9.59. The molecule has 1 amide bonds. The lowest BCUT2D eigenvalue weighted by atomic mass is 10.1. The predicted molar refractivity (Wildman–Crippen MR) is 80.3 cm³/mol. The molecule has 1 atom stereocenters. The number of hydrogen-bond donors (Lipinski definition) is 1. The van der Waals surface area contributed by atoms with Crippen molar-refractivity contribution in [2.75, 3.05) is 26.3 Å². The summed E-state index contributed by atoms with van der Waals surface area (Å²) in [5.74, 6) is -0.161. The van der Waals surface area contributed by atoms with Crippen LogP contribution in [0.4, 0.5) is 0 Å². The molecule has 1 aromatic carbocycles. The summed E-state index contributed by atoms with van der Waals surface area (Å²) >= 11 is 12.0. The van der Waals surface area contributed by atoms with Gasteiger partial charge in [0, 0.05) is 18.7 Å². The van der Waals surface area contributed by atoms with E-state index in [0.29, 0.717) is 31.9 Å². The highest BCUT2D eigenvalue weighted by Crippen LogP contribution is 2.16. The highest BCUT2D eigenvalue weighted by Gasteiger charge is 2.28. The van der Waals surface area contributed by atoms with Crippen molar-refractivity contribution in [3.8, 4) is 0 Å². The standard InChI is InChI=1S/C14H18Cl2N2O2/c1-10-4-2-3-5-11(10)14(19)17-13(12(15)16)18-6-8-20-9-7-18/h2-5,12-13H,6-9H2,1H3,(H,17,19). The Morgan fingerprint density at radius 1 is 1.30 bits per heavy atom. The number of alkyl halides is 2. The molecule has 4 nitrogen and oxygen atoms in total. The van der Waals surface area contributed by atoms with Crippen LogP contribution in [-0.2, 0) is 4.74 Å². The van der Waals surface area contributed by atoms with Gasteiger partial charge in [0.25, 0.3) is 5.91 Å². The van der Waals surface area contributed by atoms with Crippen molar-refractivity contribution in [3.63, 3.8) is 0 Å². The maximum Gasteiger partial charge on any atom is 0.252 e. The molecule has 110 valence electrons. The first-order valence-corrected chi connectivity index (χ1v) is 7.43. The Morgan fingerprint density at radius 3 is 2.55 bits per heavy atom. The Balaban J connectivity index is 2.08. The lowest BCUT2D eigenvalue weighted by Gasteiger charge is -2.35. The Kier molecular flexibility index (Phi) is 5.66. The Labute approximate surface area is 129 Å². The number of nitrogens with zero attached hydrogens (tertiary/aromatic N) is 1. The highest BCUT2D eigenvalue weighted by molar-refractivity contribution is 6.44. The van der Waals surface area contributed by atoms with E-state index >= 15 is 0 Å². The fourth-order valence-electron chi connectivity index (χ4n) is 2.21. The van der Waals surface area contributed by atoms with Gasteiger partial charge in [-0.2, -0.15) is 0 Å². The van der Waals surface area contributed by atoms with Crippen LogP contribution in [0.2, 0.25) is 0 Å². The monoisotopic (exact) mass is 316 g/mol. The molecule has 1 aliphatic rings. The molecule has 0 spiro atoms. The first kappa shape index (κ1) is 15.6. The second-order valence-electron chi connectivity index (χ2n) is 4.72. The average Bonchev–Trinajstić information content (AvgIpc) is 2.45. The van der Waals surface area contributed by atoms with E-state index in [0.717, 1.165) is 5.56 Å². The fourth-order valence-corrected chi connectivity index (χ4v) is 2.65. The van der Waals surface area contributed by atoms with E-state index < -0.39 is 11.0 Å². The molecule has 2 rings (SSSR count). The number of morpholine rings is 1. The quantitative estimate of drug-likeness (QED) is 0.866. The minimum atomic E-state index is -0.693. The molecule has 0 radical (unpaired) electrons. The number of ether oxygens (including phenoxy) is 1. The van der Waals surface area contributed by atoms with Gasteiger partial charge < -0.3 is 10.1 Å². The Bertz CT molecular complexity index is 462. The molecule has 1 saturated heterocycles. The van der Waals surface area contributed by atoms with Crippen LogP contribution < -0.4 is 5.32 Å². The van der Waals surface area contributed by atoms with E-state index in [-0.39, 0.29) is 5.91 Å². The van der Waals surface area contributed by atoms with E-state index in [4.69, 9.17) is 27.9 Å². The topological polar surface area (TPSA) is 41.6 Å². The molecule has 1 unspecified atom stereocenters. The molecular formula is C14H18Cl2N2O2. The van der Waals surface area contributed by atoms with Crippen LogP contribution in [0.5, 0.6) is 0 Å². The van der Waals surface area contributed by atoms with Crippen molar-refractivity contribution in [1.82, 2.24) is 10.2 Å². The van der Waals surface area contributed by atoms with Gasteiger partial charge in [-0.3, -0.25) is 9.69 Å².